The maximum atomic E-state index is 12.0. The number of esters is 1. The zero-order valence-electron chi connectivity index (χ0n) is 13.8. The number of carbonyl (C=O) groups is 1. The number of ether oxygens (including phenoxy) is 1. The molecule has 0 aliphatic rings. The first kappa shape index (κ1) is 15.8. The highest BCUT2D eigenvalue weighted by atomic mass is 32.1. The lowest BCUT2D eigenvalue weighted by Crippen LogP contribution is -2.06. The van der Waals surface area contributed by atoms with Gasteiger partial charge in [-0.3, -0.25) is 4.79 Å². The standard InChI is InChI=1S/C19H17N3O2S/c1-13-5-4-10-22-11-14(20-19(13)22)12-24-18(23)9-8-17-21-15-6-2-3-7-16(15)25-17/h2-7,10-11H,8-9,12H2,1H3. The zero-order chi connectivity index (χ0) is 17.2. The van der Waals surface area contributed by atoms with E-state index in [0.717, 1.165) is 32.1 Å². The van der Waals surface area contributed by atoms with E-state index in [1.807, 2.05) is 60.1 Å². The summed E-state index contributed by atoms with van der Waals surface area (Å²) in [5.41, 5.74) is 3.72. The molecule has 0 amide bonds. The summed E-state index contributed by atoms with van der Waals surface area (Å²) < 4.78 is 8.44. The van der Waals surface area contributed by atoms with Gasteiger partial charge in [-0.05, 0) is 30.7 Å². The van der Waals surface area contributed by atoms with E-state index in [1.54, 1.807) is 11.3 Å². The Morgan fingerprint density at radius 2 is 2.08 bits per heavy atom. The third-order valence-corrected chi connectivity index (χ3v) is 5.09. The van der Waals surface area contributed by atoms with E-state index in [1.165, 1.54) is 0 Å². The van der Waals surface area contributed by atoms with Crippen LogP contribution in [0.3, 0.4) is 0 Å². The molecular weight excluding hydrogens is 334 g/mol. The minimum atomic E-state index is -0.229. The number of aryl methyl sites for hydroxylation is 2. The summed E-state index contributed by atoms with van der Waals surface area (Å²) >= 11 is 1.62. The van der Waals surface area contributed by atoms with E-state index in [-0.39, 0.29) is 12.6 Å². The van der Waals surface area contributed by atoms with Gasteiger partial charge in [-0.25, -0.2) is 9.97 Å². The van der Waals surface area contributed by atoms with Gasteiger partial charge in [-0.2, -0.15) is 0 Å². The van der Waals surface area contributed by atoms with Gasteiger partial charge >= 0.3 is 5.97 Å². The van der Waals surface area contributed by atoms with Crippen molar-refractivity contribution in [3.8, 4) is 0 Å². The number of imidazole rings is 1. The molecule has 0 unspecified atom stereocenters. The number of para-hydroxylation sites is 1. The lowest BCUT2D eigenvalue weighted by molar-refractivity contribution is -0.145. The second-order valence-corrected chi connectivity index (χ2v) is 7.01. The molecule has 0 aliphatic heterocycles. The van der Waals surface area contributed by atoms with Crippen LogP contribution in [-0.2, 0) is 22.6 Å². The molecule has 126 valence electrons. The highest BCUT2D eigenvalue weighted by molar-refractivity contribution is 7.18. The smallest absolute Gasteiger partial charge is 0.306 e. The van der Waals surface area contributed by atoms with E-state index in [0.29, 0.717) is 12.8 Å². The summed E-state index contributed by atoms with van der Waals surface area (Å²) in [5.74, 6) is -0.229. The van der Waals surface area contributed by atoms with Crippen LogP contribution in [0, 0.1) is 6.92 Å². The lowest BCUT2D eigenvalue weighted by atomic mass is 10.3. The molecule has 3 aromatic heterocycles. The molecule has 4 aromatic rings. The van der Waals surface area contributed by atoms with Crippen LogP contribution >= 0.6 is 11.3 Å². The second kappa shape index (κ2) is 6.64. The summed E-state index contributed by atoms with van der Waals surface area (Å²) in [5, 5.41) is 0.960. The Hall–Kier alpha value is -2.73. The van der Waals surface area contributed by atoms with Crippen LogP contribution in [0.15, 0.2) is 48.8 Å². The average Bonchev–Trinajstić information content (AvgIpc) is 3.22. The average molecular weight is 351 g/mol. The summed E-state index contributed by atoms with van der Waals surface area (Å²) in [6.45, 7) is 2.20. The van der Waals surface area contributed by atoms with Crippen LogP contribution in [0.1, 0.15) is 22.7 Å². The second-order valence-electron chi connectivity index (χ2n) is 5.89. The SMILES string of the molecule is Cc1cccn2cc(COC(=O)CCc3nc4ccccc4s3)nc12. The molecule has 5 nitrogen and oxygen atoms in total. The van der Waals surface area contributed by atoms with Crippen LogP contribution in [-0.4, -0.2) is 20.3 Å². The molecule has 0 fully saturated rings. The molecule has 4 rings (SSSR count). The van der Waals surface area contributed by atoms with E-state index in [2.05, 4.69) is 9.97 Å². The van der Waals surface area contributed by atoms with Gasteiger partial charge in [0.1, 0.15) is 12.3 Å². The maximum absolute atomic E-state index is 12.0. The molecule has 1 aromatic carbocycles. The topological polar surface area (TPSA) is 56.5 Å². The Bertz CT molecular complexity index is 1020. The predicted octanol–water partition coefficient (Wildman–Crippen LogP) is 3.93. The number of fused-ring (bicyclic) bond motifs is 2. The molecule has 3 heterocycles. The van der Waals surface area contributed by atoms with Crippen molar-refractivity contribution in [3.05, 3.63) is 65.1 Å². The van der Waals surface area contributed by atoms with Crippen LogP contribution in [0.4, 0.5) is 0 Å². The number of nitrogens with zero attached hydrogens (tertiary/aromatic N) is 3. The first-order valence-corrected chi connectivity index (χ1v) is 8.94. The minimum absolute atomic E-state index is 0.194. The van der Waals surface area contributed by atoms with E-state index in [4.69, 9.17) is 4.74 Å². The van der Waals surface area contributed by atoms with Crippen molar-refractivity contribution < 1.29 is 9.53 Å². The van der Waals surface area contributed by atoms with Crippen molar-refractivity contribution in [3.63, 3.8) is 0 Å². The van der Waals surface area contributed by atoms with Gasteiger partial charge in [0.2, 0.25) is 0 Å². The molecule has 6 heteroatoms. The minimum Gasteiger partial charge on any atom is -0.459 e. The van der Waals surface area contributed by atoms with E-state index >= 15 is 0 Å². The largest absolute Gasteiger partial charge is 0.459 e. The van der Waals surface area contributed by atoms with Crippen molar-refractivity contribution in [2.24, 2.45) is 0 Å². The van der Waals surface area contributed by atoms with Crippen molar-refractivity contribution in [2.45, 2.75) is 26.4 Å². The van der Waals surface area contributed by atoms with Crippen LogP contribution in [0.5, 0.6) is 0 Å². The zero-order valence-corrected chi connectivity index (χ0v) is 14.6. The molecule has 0 spiro atoms. The predicted molar refractivity (Wildman–Crippen MR) is 97.7 cm³/mol. The molecule has 0 saturated heterocycles. The molecule has 0 bridgehead atoms. The highest BCUT2D eigenvalue weighted by Gasteiger charge is 2.10. The fourth-order valence-electron chi connectivity index (χ4n) is 2.74. The number of aromatic nitrogens is 3. The lowest BCUT2D eigenvalue weighted by Gasteiger charge is -2.01. The van der Waals surface area contributed by atoms with Crippen molar-refractivity contribution in [1.29, 1.82) is 0 Å². The monoisotopic (exact) mass is 351 g/mol. The number of carbonyl (C=O) groups excluding carboxylic acids is 1. The van der Waals surface area contributed by atoms with Gasteiger partial charge in [0.15, 0.2) is 0 Å². The van der Waals surface area contributed by atoms with Crippen molar-refractivity contribution in [1.82, 2.24) is 14.4 Å². The summed E-state index contributed by atoms with van der Waals surface area (Å²) in [4.78, 5) is 21.1. The quantitative estimate of drug-likeness (QED) is 0.511. The number of benzene rings is 1. The molecule has 25 heavy (non-hydrogen) atoms. The third-order valence-electron chi connectivity index (χ3n) is 3.99. The van der Waals surface area contributed by atoms with Gasteiger partial charge in [-0.15, -0.1) is 11.3 Å². The maximum Gasteiger partial charge on any atom is 0.306 e. The van der Waals surface area contributed by atoms with Crippen LogP contribution < -0.4 is 0 Å². The molecular formula is C19H17N3O2S. The first-order valence-electron chi connectivity index (χ1n) is 8.12. The Morgan fingerprint density at radius 1 is 1.20 bits per heavy atom. The third kappa shape index (κ3) is 3.39. The number of rotatable bonds is 5. The van der Waals surface area contributed by atoms with Gasteiger partial charge in [0.25, 0.3) is 0 Å². The molecule has 0 radical (unpaired) electrons. The number of hydrogen-bond acceptors (Lipinski definition) is 5. The van der Waals surface area contributed by atoms with Crippen LogP contribution in [0.25, 0.3) is 15.9 Å². The molecule has 0 atom stereocenters. The fourth-order valence-corrected chi connectivity index (χ4v) is 3.70. The van der Waals surface area contributed by atoms with Gasteiger partial charge in [0.05, 0.1) is 27.3 Å². The normalized spacial score (nSPS) is 11.2. The van der Waals surface area contributed by atoms with E-state index < -0.39 is 0 Å². The van der Waals surface area contributed by atoms with Gasteiger partial charge in [-0.1, -0.05) is 18.2 Å². The number of thiazole rings is 1. The molecule has 0 aliphatic carbocycles. The Balaban J connectivity index is 1.34. The Morgan fingerprint density at radius 3 is 2.92 bits per heavy atom. The molecule has 0 N–H and O–H groups in total. The summed E-state index contributed by atoms with van der Waals surface area (Å²) in [7, 11) is 0. The Labute approximate surface area is 148 Å². The number of hydrogen-bond donors (Lipinski definition) is 0. The first-order chi connectivity index (χ1) is 12.2. The molecule has 0 saturated carbocycles. The number of pyridine rings is 1. The van der Waals surface area contributed by atoms with Gasteiger partial charge < -0.3 is 9.14 Å². The van der Waals surface area contributed by atoms with Crippen molar-refractivity contribution >= 4 is 33.2 Å². The highest BCUT2D eigenvalue weighted by Crippen LogP contribution is 2.22. The summed E-state index contributed by atoms with van der Waals surface area (Å²) in [6, 6.07) is 12.0. The van der Waals surface area contributed by atoms with Gasteiger partial charge in [0, 0.05) is 18.8 Å². The van der Waals surface area contributed by atoms with Crippen LogP contribution in [0.2, 0.25) is 0 Å². The van der Waals surface area contributed by atoms with E-state index in [9.17, 15) is 4.79 Å². The fraction of sp³-hybridized carbons (Fsp3) is 0.211. The summed E-state index contributed by atoms with van der Waals surface area (Å²) in [6.07, 6.45) is 4.76. The van der Waals surface area contributed by atoms with Crippen molar-refractivity contribution in [2.75, 3.05) is 0 Å². The Kier molecular flexibility index (Phi) is 4.19.